The number of rotatable bonds is 3. The Labute approximate surface area is 108 Å². The van der Waals surface area contributed by atoms with Crippen LogP contribution in [0.2, 0.25) is 0 Å². The van der Waals surface area contributed by atoms with Crippen molar-refractivity contribution in [2.24, 2.45) is 5.73 Å². The molecule has 0 atom stereocenters. The van der Waals surface area contributed by atoms with Crippen molar-refractivity contribution < 1.29 is 4.39 Å². The number of amidine groups is 1. The summed E-state index contributed by atoms with van der Waals surface area (Å²) in [5.74, 6) is -0.451. The average Bonchev–Trinajstić information content (AvgIpc) is 2.31. The zero-order chi connectivity index (χ0) is 13.1. The molecule has 0 radical (unpaired) electrons. The van der Waals surface area contributed by atoms with Gasteiger partial charge in [0.15, 0.2) is 5.16 Å². The van der Waals surface area contributed by atoms with Crippen LogP contribution >= 0.6 is 11.8 Å². The van der Waals surface area contributed by atoms with E-state index in [2.05, 4.69) is 9.97 Å². The van der Waals surface area contributed by atoms with Crippen LogP contribution in [0.1, 0.15) is 11.4 Å². The Balaban J connectivity index is 2.35. The van der Waals surface area contributed by atoms with Gasteiger partial charge in [0.25, 0.3) is 0 Å². The molecule has 2 aromatic rings. The summed E-state index contributed by atoms with van der Waals surface area (Å²) in [5, 5.41) is 7.73. The molecule has 1 aromatic carbocycles. The number of hydrogen-bond acceptors (Lipinski definition) is 4. The summed E-state index contributed by atoms with van der Waals surface area (Å²) in [6, 6.07) is 8.02. The smallest absolute Gasteiger partial charge is 0.193 e. The van der Waals surface area contributed by atoms with Gasteiger partial charge in [-0.15, -0.1) is 0 Å². The molecule has 0 unspecified atom stereocenters. The molecule has 0 aliphatic rings. The van der Waals surface area contributed by atoms with Crippen LogP contribution in [0.25, 0.3) is 0 Å². The van der Waals surface area contributed by atoms with Gasteiger partial charge in [0.2, 0.25) is 0 Å². The number of hydrogen-bond donors (Lipinski definition) is 2. The summed E-state index contributed by atoms with van der Waals surface area (Å²) in [6.07, 6.45) is 0. The second-order valence-electron chi connectivity index (χ2n) is 3.62. The lowest BCUT2D eigenvalue weighted by Gasteiger charge is -2.05. The lowest BCUT2D eigenvalue weighted by molar-refractivity contribution is 0.601. The van der Waals surface area contributed by atoms with Crippen LogP contribution in [0.5, 0.6) is 0 Å². The molecule has 2 rings (SSSR count). The lowest BCUT2D eigenvalue weighted by Crippen LogP contribution is -2.14. The van der Waals surface area contributed by atoms with Gasteiger partial charge in [0.05, 0.1) is 4.90 Å². The van der Waals surface area contributed by atoms with Gasteiger partial charge >= 0.3 is 0 Å². The van der Waals surface area contributed by atoms with Crippen molar-refractivity contribution in [2.45, 2.75) is 17.0 Å². The maximum Gasteiger partial charge on any atom is 0.193 e. The van der Waals surface area contributed by atoms with Crippen molar-refractivity contribution in [3.8, 4) is 0 Å². The molecule has 0 bridgehead atoms. The van der Waals surface area contributed by atoms with E-state index in [9.17, 15) is 4.39 Å². The molecule has 3 N–H and O–H groups in total. The van der Waals surface area contributed by atoms with Crippen LogP contribution in [0.3, 0.4) is 0 Å². The first-order valence-electron chi connectivity index (χ1n) is 5.19. The van der Waals surface area contributed by atoms with E-state index in [0.29, 0.717) is 21.4 Å². The van der Waals surface area contributed by atoms with Crippen LogP contribution in [0, 0.1) is 18.2 Å². The zero-order valence-electron chi connectivity index (χ0n) is 9.64. The largest absolute Gasteiger partial charge is 0.382 e. The van der Waals surface area contributed by atoms with Gasteiger partial charge in [0.1, 0.15) is 17.3 Å². The fraction of sp³-hybridized carbons (Fsp3) is 0.0833. The Bertz CT molecular complexity index is 600. The third kappa shape index (κ3) is 2.84. The standard InChI is InChI=1S/C12H11FN4S/c1-7-6-9(11(14)15)17-12(16-7)18-10-5-3-2-4-8(10)13/h2-6H,1H3,(H3,14,15). The summed E-state index contributed by atoms with van der Waals surface area (Å²) in [7, 11) is 0. The monoisotopic (exact) mass is 262 g/mol. The molecule has 0 aliphatic heterocycles. The molecule has 4 nitrogen and oxygen atoms in total. The molecule has 0 aliphatic carbocycles. The number of nitrogens with zero attached hydrogens (tertiary/aromatic N) is 2. The number of nitrogens with one attached hydrogen (secondary N) is 1. The molecule has 0 amide bonds. The summed E-state index contributed by atoms with van der Waals surface area (Å²) < 4.78 is 13.5. The number of aromatic nitrogens is 2. The van der Waals surface area contributed by atoms with Gasteiger partial charge in [-0.05, 0) is 36.9 Å². The highest BCUT2D eigenvalue weighted by molar-refractivity contribution is 7.99. The van der Waals surface area contributed by atoms with Crippen molar-refractivity contribution in [2.75, 3.05) is 0 Å². The minimum Gasteiger partial charge on any atom is -0.382 e. The third-order valence-electron chi connectivity index (χ3n) is 2.15. The quantitative estimate of drug-likeness (QED) is 0.506. The molecule has 0 fully saturated rings. The maximum absolute atomic E-state index is 13.5. The third-order valence-corrected chi connectivity index (χ3v) is 3.06. The Kier molecular flexibility index (Phi) is 3.57. The van der Waals surface area contributed by atoms with E-state index >= 15 is 0 Å². The molecule has 0 saturated heterocycles. The molecule has 6 heteroatoms. The topological polar surface area (TPSA) is 75.7 Å². The van der Waals surface area contributed by atoms with E-state index in [0.717, 1.165) is 11.8 Å². The normalized spacial score (nSPS) is 10.3. The zero-order valence-corrected chi connectivity index (χ0v) is 10.5. The molecule has 0 spiro atoms. The predicted molar refractivity (Wildman–Crippen MR) is 68.3 cm³/mol. The number of nitrogens with two attached hydrogens (primary N) is 1. The van der Waals surface area contributed by atoms with Crippen molar-refractivity contribution in [1.29, 1.82) is 5.41 Å². The molecule has 1 heterocycles. The van der Waals surface area contributed by atoms with E-state index < -0.39 is 0 Å². The summed E-state index contributed by atoms with van der Waals surface area (Å²) >= 11 is 1.11. The first-order valence-corrected chi connectivity index (χ1v) is 6.00. The highest BCUT2D eigenvalue weighted by Gasteiger charge is 2.08. The lowest BCUT2D eigenvalue weighted by atomic mass is 10.3. The van der Waals surface area contributed by atoms with Gasteiger partial charge in [-0.25, -0.2) is 14.4 Å². The van der Waals surface area contributed by atoms with Crippen molar-refractivity contribution in [1.82, 2.24) is 9.97 Å². The average molecular weight is 262 g/mol. The van der Waals surface area contributed by atoms with E-state index in [1.54, 1.807) is 31.2 Å². The highest BCUT2D eigenvalue weighted by atomic mass is 32.2. The molecular formula is C12H11FN4S. The van der Waals surface area contributed by atoms with Crippen molar-refractivity contribution in [3.63, 3.8) is 0 Å². The van der Waals surface area contributed by atoms with E-state index in [1.807, 2.05) is 0 Å². The van der Waals surface area contributed by atoms with Gasteiger partial charge in [0, 0.05) is 5.69 Å². The Morgan fingerprint density at radius 3 is 2.72 bits per heavy atom. The second kappa shape index (κ2) is 5.14. The van der Waals surface area contributed by atoms with Crippen LogP contribution in [0.15, 0.2) is 40.4 Å². The Morgan fingerprint density at radius 1 is 1.33 bits per heavy atom. The molecule has 18 heavy (non-hydrogen) atoms. The summed E-state index contributed by atoms with van der Waals surface area (Å²) in [4.78, 5) is 8.73. The van der Waals surface area contributed by atoms with Crippen molar-refractivity contribution >= 4 is 17.6 Å². The van der Waals surface area contributed by atoms with Gasteiger partial charge in [-0.2, -0.15) is 0 Å². The maximum atomic E-state index is 13.5. The second-order valence-corrected chi connectivity index (χ2v) is 4.63. The highest BCUT2D eigenvalue weighted by Crippen LogP contribution is 2.27. The van der Waals surface area contributed by atoms with Crippen LogP contribution in [-0.4, -0.2) is 15.8 Å². The molecule has 0 saturated carbocycles. The minimum absolute atomic E-state index is 0.129. The predicted octanol–water partition coefficient (Wildman–Crippen LogP) is 2.36. The summed E-state index contributed by atoms with van der Waals surface area (Å²) in [5.41, 5.74) is 6.42. The fourth-order valence-corrected chi connectivity index (χ4v) is 2.19. The van der Waals surface area contributed by atoms with Crippen molar-refractivity contribution in [3.05, 3.63) is 47.5 Å². The first kappa shape index (κ1) is 12.5. The van der Waals surface area contributed by atoms with Gasteiger partial charge in [-0.1, -0.05) is 12.1 Å². The number of aryl methyl sites for hydroxylation is 1. The van der Waals surface area contributed by atoms with Crippen LogP contribution in [-0.2, 0) is 0 Å². The number of halogens is 1. The fourth-order valence-electron chi connectivity index (χ4n) is 1.35. The van der Waals surface area contributed by atoms with Gasteiger partial charge < -0.3 is 5.73 Å². The molecular weight excluding hydrogens is 251 g/mol. The minimum atomic E-state index is -0.322. The number of nitrogen functional groups attached to an aromatic ring is 1. The van der Waals surface area contributed by atoms with E-state index in [4.69, 9.17) is 11.1 Å². The molecule has 1 aromatic heterocycles. The van der Waals surface area contributed by atoms with Crippen LogP contribution < -0.4 is 5.73 Å². The Hall–Kier alpha value is -1.95. The number of benzene rings is 1. The SMILES string of the molecule is Cc1cc(C(=N)N)nc(Sc2ccccc2F)n1. The summed E-state index contributed by atoms with van der Waals surface area (Å²) in [6.45, 7) is 1.78. The van der Waals surface area contributed by atoms with E-state index in [-0.39, 0.29) is 11.7 Å². The molecule has 92 valence electrons. The Morgan fingerprint density at radius 2 is 2.06 bits per heavy atom. The van der Waals surface area contributed by atoms with E-state index in [1.165, 1.54) is 6.07 Å². The first-order chi connectivity index (χ1) is 8.56. The van der Waals surface area contributed by atoms with Gasteiger partial charge in [-0.3, -0.25) is 5.41 Å². The van der Waals surface area contributed by atoms with Crippen LogP contribution in [0.4, 0.5) is 4.39 Å².